The second-order valence-electron chi connectivity index (χ2n) is 1.83. The van der Waals surface area contributed by atoms with E-state index in [0.717, 1.165) is 0 Å². The number of carbonyl (C=O) groups excluding carboxylic acids is 1. The van der Waals surface area contributed by atoms with E-state index in [2.05, 4.69) is 35.5 Å². The predicted molar refractivity (Wildman–Crippen MR) is 50.2 cm³/mol. The number of rotatable bonds is 4. The minimum Gasteiger partial charge on any atom is -0.480 e. The zero-order chi connectivity index (χ0) is 9.56. The summed E-state index contributed by atoms with van der Waals surface area (Å²) in [5.74, 6) is -1.52. The molecule has 0 aromatic rings. The normalized spacial score (nSPS) is 8.75. The van der Waals surface area contributed by atoms with Crippen molar-refractivity contribution in [2.75, 3.05) is 13.1 Å². The Kier molecular flexibility index (Phi) is 5.39. The van der Waals surface area contributed by atoms with Gasteiger partial charge in [0.25, 0.3) is 0 Å². The van der Waals surface area contributed by atoms with Gasteiger partial charge in [-0.3, -0.25) is 9.59 Å². The van der Waals surface area contributed by atoms with Crippen LogP contribution in [0, 0.1) is 0 Å². The van der Waals surface area contributed by atoms with Crippen LogP contribution in [0.25, 0.3) is 0 Å². The van der Waals surface area contributed by atoms with Gasteiger partial charge in [0, 0.05) is 0 Å². The minimum absolute atomic E-state index is 0.0599. The lowest BCUT2D eigenvalue weighted by molar-refractivity contribution is -0.137. The minimum atomic E-state index is -1.09. The molecule has 0 atom stereocenters. The number of hydrogen-bond donors (Lipinski definition) is 4. The molecule has 68 valence electrons. The molecular formula is C5H8N2O3S2. The lowest BCUT2D eigenvalue weighted by Crippen LogP contribution is -2.37. The van der Waals surface area contributed by atoms with Crippen LogP contribution < -0.4 is 10.6 Å². The number of thiol groups is 1. The van der Waals surface area contributed by atoms with Crippen molar-refractivity contribution in [3.8, 4) is 0 Å². The van der Waals surface area contributed by atoms with Gasteiger partial charge in [-0.1, -0.05) is 12.2 Å². The van der Waals surface area contributed by atoms with Gasteiger partial charge >= 0.3 is 5.97 Å². The van der Waals surface area contributed by atoms with E-state index in [0.29, 0.717) is 0 Å². The third-order valence-electron chi connectivity index (χ3n) is 0.837. The van der Waals surface area contributed by atoms with Crippen molar-refractivity contribution in [1.29, 1.82) is 0 Å². The molecule has 1 amide bonds. The largest absolute Gasteiger partial charge is 0.480 e. The van der Waals surface area contributed by atoms with Gasteiger partial charge in [0.15, 0.2) is 0 Å². The maximum Gasteiger partial charge on any atom is 0.322 e. The summed E-state index contributed by atoms with van der Waals surface area (Å²) in [6.45, 7) is -0.449. The second kappa shape index (κ2) is 5.78. The van der Waals surface area contributed by atoms with Crippen LogP contribution in [0.4, 0.5) is 0 Å². The van der Waals surface area contributed by atoms with Crippen molar-refractivity contribution in [2.24, 2.45) is 0 Å². The summed E-state index contributed by atoms with van der Waals surface area (Å²) in [6, 6.07) is 0. The quantitative estimate of drug-likeness (QED) is 0.352. The lowest BCUT2D eigenvalue weighted by Gasteiger charge is -2.02. The molecule has 0 aromatic carbocycles. The molecule has 12 heavy (non-hydrogen) atoms. The van der Waals surface area contributed by atoms with E-state index in [1.807, 2.05) is 0 Å². The van der Waals surface area contributed by atoms with Gasteiger partial charge in [-0.25, -0.2) is 0 Å². The average Bonchev–Trinajstić information content (AvgIpc) is 1.96. The van der Waals surface area contributed by atoms with Crippen LogP contribution in [-0.4, -0.2) is 34.4 Å². The fourth-order valence-electron chi connectivity index (χ4n) is 0.393. The standard InChI is InChI=1S/C5H8N2O3S2/c8-3(1-7-5(11)12)6-2-4(9)10/h1-2H2,(H,6,8)(H,9,10)(H2,7,11,12). The van der Waals surface area contributed by atoms with Crippen molar-refractivity contribution in [1.82, 2.24) is 10.6 Å². The fourth-order valence-corrected chi connectivity index (χ4v) is 0.544. The smallest absolute Gasteiger partial charge is 0.322 e. The Morgan fingerprint density at radius 2 is 1.92 bits per heavy atom. The number of aliphatic carboxylic acids is 1. The van der Waals surface area contributed by atoms with Crippen molar-refractivity contribution in [3.05, 3.63) is 0 Å². The molecule has 0 saturated heterocycles. The Morgan fingerprint density at radius 1 is 1.33 bits per heavy atom. The van der Waals surface area contributed by atoms with Crippen molar-refractivity contribution >= 4 is 41.0 Å². The van der Waals surface area contributed by atoms with Gasteiger partial charge in [-0.05, 0) is 0 Å². The summed E-state index contributed by atoms with van der Waals surface area (Å²) in [5, 5.41) is 12.8. The Balaban J connectivity index is 3.47. The average molecular weight is 208 g/mol. The van der Waals surface area contributed by atoms with Gasteiger partial charge in [0.05, 0.1) is 6.54 Å². The van der Waals surface area contributed by atoms with Gasteiger partial charge in [-0.2, -0.15) is 0 Å². The number of nitrogens with one attached hydrogen (secondary N) is 2. The molecule has 0 radical (unpaired) electrons. The van der Waals surface area contributed by atoms with Crippen LogP contribution in [0.5, 0.6) is 0 Å². The third-order valence-corrected chi connectivity index (χ3v) is 1.14. The first-order valence-corrected chi connectivity index (χ1v) is 3.83. The molecule has 0 bridgehead atoms. The van der Waals surface area contributed by atoms with Crippen LogP contribution >= 0.6 is 24.8 Å². The first-order chi connectivity index (χ1) is 5.52. The van der Waals surface area contributed by atoms with E-state index in [1.54, 1.807) is 0 Å². The van der Waals surface area contributed by atoms with Crippen LogP contribution in [0.15, 0.2) is 0 Å². The van der Waals surface area contributed by atoms with Crippen LogP contribution in [-0.2, 0) is 9.59 Å². The maximum absolute atomic E-state index is 10.7. The summed E-state index contributed by atoms with van der Waals surface area (Å²) in [5.41, 5.74) is 0. The molecule has 0 heterocycles. The molecule has 0 saturated carbocycles. The molecule has 0 aliphatic rings. The molecule has 0 rings (SSSR count). The van der Waals surface area contributed by atoms with Crippen LogP contribution in [0.2, 0.25) is 0 Å². The lowest BCUT2D eigenvalue weighted by atomic mass is 10.5. The third kappa shape index (κ3) is 7.29. The van der Waals surface area contributed by atoms with Gasteiger partial charge in [0.1, 0.15) is 10.9 Å². The van der Waals surface area contributed by atoms with Gasteiger partial charge in [-0.15, -0.1) is 12.6 Å². The Labute approximate surface area is 79.9 Å². The predicted octanol–water partition coefficient (Wildman–Crippen LogP) is -1.01. The highest BCUT2D eigenvalue weighted by Gasteiger charge is 2.02. The highest BCUT2D eigenvalue weighted by Crippen LogP contribution is 1.75. The van der Waals surface area contributed by atoms with E-state index in [1.165, 1.54) is 0 Å². The summed E-state index contributed by atoms with van der Waals surface area (Å²) in [4.78, 5) is 20.7. The molecule has 0 unspecified atom stereocenters. The molecule has 0 aliphatic carbocycles. The second-order valence-corrected chi connectivity index (χ2v) is 2.99. The zero-order valence-corrected chi connectivity index (χ0v) is 7.74. The van der Waals surface area contributed by atoms with E-state index in [-0.39, 0.29) is 17.4 Å². The molecule has 5 nitrogen and oxygen atoms in total. The van der Waals surface area contributed by atoms with Crippen molar-refractivity contribution in [3.63, 3.8) is 0 Å². The van der Waals surface area contributed by atoms with E-state index >= 15 is 0 Å². The number of carboxylic acid groups (broad SMARTS) is 1. The highest BCUT2D eigenvalue weighted by molar-refractivity contribution is 8.11. The number of carbonyl (C=O) groups is 2. The first-order valence-electron chi connectivity index (χ1n) is 2.97. The molecule has 0 spiro atoms. The van der Waals surface area contributed by atoms with E-state index < -0.39 is 11.9 Å². The molecular weight excluding hydrogens is 200 g/mol. The van der Waals surface area contributed by atoms with Crippen LogP contribution in [0.1, 0.15) is 0 Å². The number of thiocarbonyl (C=S) groups is 1. The summed E-state index contributed by atoms with van der Waals surface area (Å²) >= 11 is 8.21. The summed E-state index contributed by atoms with van der Waals surface area (Å²) in [6.07, 6.45) is 0. The van der Waals surface area contributed by atoms with E-state index in [4.69, 9.17) is 5.11 Å². The number of hydrogen-bond acceptors (Lipinski definition) is 3. The Bertz CT molecular complexity index is 187. The summed E-state index contributed by atoms with van der Waals surface area (Å²) < 4.78 is 0.195. The monoisotopic (exact) mass is 208 g/mol. The van der Waals surface area contributed by atoms with Crippen molar-refractivity contribution in [2.45, 2.75) is 0 Å². The highest BCUT2D eigenvalue weighted by atomic mass is 32.1. The molecule has 3 N–H and O–H groups in total. The molecule has 0 aliphatic heterocycles. The van der Waals surface area contributed by atoms with Crippen molar-refractivity contribution < 1.29 is 14.7 Å². The Hall–Kier alpha value is -0.820. The molecule has 7 heteroatoms. The fraction of sp³-hybridized carbons (Fsp3) is 0.400. The maximum atomic E-state index is 10.7. The van der Waals surface area contributed by atoms with E-state index in [9.17, 15) is 9.59 Å². The SMILES string of the molecule is O=C(O)CNC(=O)CNC(=S)S. The van der Waals surface area contributed by atoms with Crippen LogP contribution in [0.3, 0.4) is 0 Å². The van der Waals surface area contributed by atoms with Gasteiger partial charge in [0.2, 0.25) is 5.91 Å². The number of amides is 1. The molecule has 0 aromatic heterocycles. The Morgan fingerprint density at radius 3 is 2.33 bits per heavy atom. The first kappa shape index (κ1) is 11.2. The number of carboxylic acids is 1. The topological polar surface area (TPSA) is 78.4 Å². The summed E-state index contributed by atoms with van der Waals surface area (Å²) in [7, 11) is 0. The molecule has 0 fully saturated rings. The van der Waals surface area contributed by atoms with Gasteiger partial charge < -0.3 is 15.7 Å². The zero-order valence-electron chi connectivity index (χ0n) is 6.03.